The minimum absolute atomic E-state index is 0.0711. The van der Waals surface area contributed by atoms with E-state index in [1.54, 1.807) is 12.4 Å². The van der Waals surface area contributed by atoms with Crippen molar-refractivity contribution in [1.82, 2.24) is 9.88 Å². The molecule has 86 valence electrons. The molecule has 4 nitrogen and oxygen atoms in total. The monoisotopic (exact) mass is 220 g/mol. The van der Waals surface area contributed by atoms with Gasteiger partial charge in [0.1, 0.15) is 6.04 Å². The van der Waals surface area contributed by atoms with Crippen molar-refractivity contribution >= 4 is 5.97 Å². The maximum Gasteiger partial charge on any atom is 0.323 e. The van der Waals surface area contributed by atoms with Crippen molar-refractivity contribution in [3.05, 3.63) is 30.1 Å². The Bertz CT molecular complexity index is 353. The molecule has 0 aromatic carbocycles. The first kappa shape index (κ1) is 11.1. The SMILES string of the molecule is COC(=O)C1CCCN1Cc1ccncc1. The molecule has 2 rings (SSSR count). The Morgan fingerprint density at radius 3 is 3.00 bits per heavy atom. The summed E-state index contributed by atoms with van der Waals surface area (Å²) >= 11 is 0. The molecule has 0 radical (unpaired) electrons. The fraction of sp³-hybridized carbons (Fsp3) is 0.500. The molecule has 1 unspecified atom stereocenters. The second-order valence-corrected chi connectivity index (χ2v) is 4.01. The van der Waals surface area contributed by atoms with Gasteiger partial charge in [0.25, 0.3) is 0 Å². The van der Waals surface area contributed by atoms with E-state index in [9.17, 15) is 4.79 Å². The molecule has 1 aliphatic rings. The number of methoxy groups -OCH3 is 1. The quantitative estimate of drug-likeness (QED) is 0.718. The van der Waals surface area contributed by atoms with Crippen LogP contribution in [0.1, 0.15) is 18.4 Å². The number of aromatic nitrogens is 1. The first-order chi connectivity index (χ1) is 7.81. The lowest BCUT2D eigenvalue weighted by Crippen LogP contribution is -2.36. The average Bonchev–Trinajstić information content (AvgIpc) is 2.77. The summed E-state index contributed by atoms with van der Waals surface area (Å²) in [5.74, 6) is -0.119. The molecule has 2 heterocycles. The van der Waals surface area contributed by atoms with Gasteiger partial charge >= 0.3 is 5.97 Å². The zero-order valence-electron chi connectivity index (χ0n) is 9.43. The number of ether oxygens (including phenoxy) is 1. The highest BCUT2D eigenvalue weighted by Gasteiger charge is 2.31. The minimum Gasteiger partial charge on any atom is -0.468 e. The summed E-state index contributed by atoms with van der Waals surface area (Å²) in [5.41, 5.74) is 1.19. The first-order valence-electron chi connectivity index (χ1n) is 5.52. The molecule has 1 aromatic heterocycles. The smallest absolute Gasteiger partial charge is 0.323 e. The molecule has 1 aliphatic heterocycles. The normalized spacial score (nSPS) is 20.9. The van der Waals surface area contributed by atoms with Crippen molar-refractivity contribution in [2.45, 2.75) is 25.4 Å². The molecule has 1 fully saturated rings. The zero-order chi connectivity index (χ0) is 11.4. The second-order valence-electron chi connectivity index (χ2n) is 4.01. The van der Waals surface area contributed by atoms with Gasteiger partial charge in [0.2, 0.25) is 0 Å². The Morgan fingerprint density at radius 1 is 1.56 bits per heavy atom. The van der Waals surface area contributed by atoms with Crippen molar-refractivity contribution in [2.75, 3.05) is 13.7 Å². The molecule has 4 heteroatoms. The summed E-state index contributed by atoms with van der Waals surface area (Å²) < 4.78 is 4.81. The van der Waals surface area contributed by atoms with Gasteiger partial charge in [0.05, 0.1) is 7.11 Å². The molecule has 0 amide bonds. The van der Waals surface area contributed by atoms with Gasteiger partial charge in [-0.3, -0.25) is 14.7 Å². The Labute approximate surface area is 95.2 Å². The molecular formula is C12H16N2O2. The second kappa shape index (κ2) is 5.07. The van der Waals surface area contributed by atoms with Crippen LogP contribution in [0, 0.1) is 0 Å². The van der Waals surface area contributed by atoms with Gasteiger partial charge in [-0.1, -0.05) is 0 Å². The molecule has 0 bridgehead atoms. The van der Waals surface area contributed by atoms with Gasteiger partial charge in [-0.25, -0.2) is 0 Å². The average molecular weight is 220 g/mol. The number of rotatable bonds is 3. The Morgan fingerprint density at radius 2 is 2.31 bits per heavy atom. The fourth-order valence-corrected chi connectivity index (χ4v) is 2.14. The van der Waals surface area contributed by atoms with Gasteiger partial charge < -0.3 is 4.74 Å². The summed E-state index contributed by atoms with van der Waals surface area (Å²) in [6.45, 7) is 1.75. The Kier molecular flexibility index (Phi) is 3.51. The van der Waals surface area contributed by atoms with Crippen LogP contribution in [0.5, 0.6) is 0 Å². The summed E-state index contributed by atoms with van der Waals surface area (Å²) in [5, 5.41) is 0. The summed E-state index contributed by atoms with van der Waals surface area (Å²) in [4.78, 5) is 17.7. The van der Waals surface area contributed by atoms with Gasteiger partial charge in [-0.15, -0.1) is 0 Å². The lowest BCUT2D eigenvalue weighted by molar-refractivity contribution is -0.146. The van der Waals surface area contributed by atoms with Gasteiger partial charge in [0.15, 0.2) is 0 Å². The number of hydrogen-bond donors (Lipinski definition) is 0. The molecule has 0 aliphatic carbocycles. The van der Waals surface area contributed by atoms with E-state index in [0.717, 1.165) is 25.9 Å². The maximum absolute atomic E-state index is 11.5. The number of likely N-dealkylation sites (tertiary alicyclic amines) is 1. The van der Waals surface area contributed by atoms with E-state index in [1.165, 1.54) is 12.7 Å². The van der Waals surface area contributed by atoms with Crippen LogP contribution in [0.2, 0.25) is 0 Å². The fourth-order valence-electron chi connectivity index (χ4n) is 2.14. The molecule has 0 spiro atoms. The topological polar surface area (TPSA) is 42.4 Å². The van der Waals surface area contributed by atoms with Crippen molar-refractivity contribution in [1.29, 1.82) is 0 Å². The molecule has 1 saturated heterocycles. The summed E-state index contributed by atoms with van der Waals surface area (Å²) in [6.07, 6.45) is 5.51. The van der Waals surface area contributed by atoms with Crippen LogP contribution in [0.25, 0.3) is 0 Å². The van der Waals surface area contributed by atoms with Crippen molar-refractivity contribution in [2.24, 2.45) is 0 Å². The Hall–Kier alpha value is -1.42. The predicted octanol–water partition coefficient (Wildman–Crippen LogP) is 1.22. The van der Waals surface area contributed by atoms with Gasteiger partial charge in [-0.05, 0) is 37.1 Å². The highest BCUT2D eigenvalue weighted by Crippen LogP contribution is 2.20. The third-order valence-corrected chi connectivity index (χ3v) is 2.97. The number of nitrogens with zero attached hydrogens (tertiary/aromatic N) is 2. The van der Waals surface area contributed by atoms with Crippen LogP contribution in [0.15, 0.2) is 24.5 Å². The summed E-state index contributed by atoms with van der Waals surface area (Å²) in [7, 11) is 1.45. The predicted molar refractivity (Wildman–Crippen MR) is 59.7 cm³/mol. The highest BCUT2D eigenvalue weighted by molar-refractivity contribution is 5.75. The lowest BCUT2D eigenvalue weighted by Gasteiger charge is -2.22. The van der Waals surface area contributed by atoms with E-state index in [0.29, 0.717) is 0 Å². The minimum atomic E-state index is -0.119. The first-order valence-corrected chi connectivity index (χ1v) is 5.52. The van der Waals surface area contributed by atoms with E-state index < -0.39 is 0 Å². The summed E-state index contributed by atoms with van der Waals surface area (Å²) in [6, 6.07) is 3.89. The van der Waals surface area contributed by atoms with E-state index >= 15 is 0 Å². The van der Waals surface area contributed by atoms with Crippen molar-refractivity contribution in [3.8, 4) is 0 Å². The maximum atomic E-state index is 11.5. The standard InChI is InChI=1S/C12H16N2O2/c1-16-12(15)11-3-2-8-14(11)9-10-4-6-13-7-5-10/h4-7,11H,2-3,8-9H2,1H3. The van der Waals surface area contributed by atoms with Crippen LogP contribution in [-0.2, 0) is 16.1 Å². The van der Waals surface area contributed by atoms with Crippen molar-refractivity contribution < 1.29 is 9.53 Å². The molecular weight excluding hydrogens is 204 g/mol. The molecule has 16 heavy (non-hydrogen) atoms. The van der Waals surface area contributed by atoms with Gasteiger partial charge in [0, 0.05) is 18.9 Å². The molecule has 1 atom stereocenters. The number of esters is 1. The third-order valence-electron chi connectivity index (χ3n) is 2.97. The van der Waals surface area contributed by atoms with Crippen LogP contribution >= 0.6 is 0 Å². The number of hydrogen-bond acceptors (Lipinski definition) is 4. The van der Waals surface area contributed by atoms with E-state index in [1.807, 2.05) is 12.1 Å². The lowest BCUT2D eigenvalue weighted by atomic mass is 10.2. The third kappa shape index (κ3) is 2.39. The van der Waals surface area contributed by atoms with E-state index in [2.05, 4.69) is 9.88 Å². The Balaban J connectivity index is 2.01. The van der Waals surface area contributed by atoms with Crippen LogP contribution < -0.4 is 0 Å². The van der Waals surface area contributed by atoms with Crippen molar-refractivity contribution in [3.63, 3.8) is 0 Å². The van der Waals surface area contributed by atoms with Gasteiger partial charge in [-0.2, -0.15) is 0 Å². The van der Waals surface area contributed by atoms with Crippen LogP contribution in [0.3, 0.4) is 0 Å². The highest BCUT2D eigenvalue weighted by atomic mass is 16.5. The van der Waals surface area contributed by atoms with Crippen LogP contribution in [-0.4, -0.2) is 35.5 Å². The largest absolute Gasteiger partial charge is 0.468 e. The van der Waals surface area contributed by atoms with E-state index in [4.69, 9.17) is 4.74 Å². The molecule has 0 saturated carbocycles. The zero-order valence-corrected chi connectivity index (χ0v) is 9.43. The molecule has 0 N–H and O–H groups in total. The number of carbonyl (C=O) groups excluding carboxylic acids is 1. The molecule has 1 aromatic rings. The number of pyridine rings is 1. The van der Waals surface area contributed by atoms with Crippen LogP contribution in [0.4, 0.5) is 0 Å². The van der Waals surface area contributed by atoms with E-state index in [-0.39, 0.29) is 12.0 Å². The number of carbonyl (C=O) groups is 1.